The van der Waals surface area contributed by atoms with Crippen LogP contribution in [0.25, 0.3) is 10.8 Å². The van der Waals surface area contributed by atoms with Gasteiger partial charge in [0.15, 0.2) is 0 Å². The largest absolute Gasteiger partial charge is 0.399 e. The number of nitrogens with zero attached hydrogens (tertiary/aromatic N) is 1. The molecule has 0 radical (unpaired) electrons. The summed E-state index contributed by atoms with van der Waals surface area (Å²) >= 11 is 0. The molecule has 0 aliphatic heterocycles. The van der Waals surface area contributed by atoms with Gasteiger partial charge in [-0.15, -0.1) is 0 Å². The summed E-state index contributed by atoms with van der Waals surface area (Å²) in [6, 6.07) is 10.5. The van der Waals surface area contributed by atoms with E-state index in [9.17, 15) is 8.42 Å². The van der Waals surface area contributed by atoms with E-state index in [1.807, 2.05) is 6.07 Å². The van der Waals surface area contributed by atoms with E-state index in [4.69, 9.17) is 10.5 Å². The minimum absolute atomic E-state index is 0.305. The fourth-order valence-electron chi connectivity index (χ4n) is 2.22. The quantitative estimate of drug-likeness (QED) is 0.655. The number of fused-ring (bicyclic) bond motifs is 1. The van der Waals surface area contributed by atoms with Gasteiger partial charge in [-0.1, -0.05) is 18.2 Å². The van der Waals surface area contributed by atoms with Crippen LogP contribution < -0.4 is 5.73 Å². The Morgan fingerprint density at radius 3 is 2.71 bits per heavy atom. The van der Waals surface area contributed by atoms with Crippen LogP contribution in [-0.4, -0.2) is 40.0 Å². The molecule has 2 rings (SSSR count). The molecule has 0 aromatic heterocycles. The number of ether oxygens (including phenoxy) is 1. The minimum atomic E-state index is -3.52. The SMILES string of the molecule is COCCCN(C)S(=O)(=O)c1cccc2cc(N)ccc12. The summed E-state index contributed by atoms with van der Waals surface area (Å²) in [5, 5.41) is 1.51. The predicted molar refractivity (Wildman–Crippen MR) is 84.7 cm³/mol. The van der Waals surface area contributed by atoms with E-state index < -0.39 is 10.0 Å². The Balaban J connectivity index is 2.40. The van der Waals surface area contributed by atoms with Crippen LogP contribution >= 0.6 is 0 Å². The van der Waals surface area contributed by atoms with Crippen molar-refractivity contribution in [2.45, 2.75) is 11.3 Å². The normalized spacial score (nSPS) is 12.1. The molecule has 0 spiro atoms. The summed E-state index contributed by atoms with van der Waals surface area (Å²) in [4.78, 5) is 0.305. The fraction of sp³-hybridized carbons (Fsp3) is 0.333. The van der Waals surface area contributed by atoms with Crippen LogP contribution in [0.15, 0.2) is 41.3 Å². The highest BCUT2D eigenvalue weighted by Gasteiger charge is 2.22. The van der Waals surface area contributed by atoms with Crippen LogP contribution in [-0.2, 0) is 14.8 Å². The molecule has 0 aliphatic carbocycles. The zero-order valence-corrected chi connectivity index (χ0v) is 13.1. The molecule has 0 unspecified atom stereocenters. The van der Waals surface area contributed by atoms with Gasteiger partial charge in [0.2, 0.25) is 10.0 Å². The maximum atomic E-state index is 12.7. The third-order valence-corrected chi connectivity index (χ3v) is 5.29. The third-order valence-electron chi connectivity index (χ3n) is 3.37. The Labute approximate surface area is 125 Å². The topological polar surface area (TPSA) is 72.6 Å². The van der Waals surface area contributed by atoms with Crippen molar-refractivity contribution in [1.82, 2.24) is 4.31 Å². The van der Waals surface area contributed by atoms with Gasteiger partial charge >= 0.3 is 0 Å². The van der Waals surface area contributed by atoms with Gasteiger partial charge in [-0.2, -0.15) is 0 Å². The van der Waals surface area contributed by atoms with Crippen LogP contribution in [0.3, 0.4) is 0 Å². The molecule has 0 saturated heterocycles. The number of nitrogens with two attached hydrogens (primary N) is 1. The third kappa shape index (κ3) is 3.34. The van der Waals surface area contributed by atoms with Gasteiger partial charge < -0.3 is 10.5 Å². The van der Waals surface area contributed by atoms with E-state index in [1.165, 1.54) is 4.31 Å². The highest BCUT2D eigenvalue weighted by molar-refractivity contribution is 7.89. The molecule has 0 aliphatic rings. The van der Waals surface area contributed by atoms with Gasteiger partial charge in [-0.05, 0) is 30.0 Å². The van der Waals surface area contributed by atoms with Gasteiger partial charge in [0.1, 0.15) is 0 Å². The molecule has 2 N–H and O–H groups in total. The molecule has 2 aromatic rings. The van der Waals surface area contributed by atoms with E-state index in [2.05, 4.69) is 0 Å². The van der Waals surface area contributed by atoms with Gasteiger partial charge in [-0.3, -0.25) is 0 Å². The Kier molecular flexibility index (Phi) is 4.82. The molecule has 114 valence electrons. The second-order valence-electron chi connectivity index (χ2n) is 4.91. The minimum Gasteiger partial charge on any atom is -0.399 e. The summed E-state index contributed by atoms with van der Waals surface area (Å²) < 4.78 is 31.7. The van der Waals surface area contributed by atoms with E-state index in [0.717, 1.165) is 5.39 Å². The molecule has 2 aromatic carbocycles. The van der Waals surface area contributed by atoms with Crippen LogP contribution in [0.2, 0.25) is 0 Å². The lowest BCUT2D eigenvalue weighted by molar-refractivity contribution is 0.189. The number of nitrogen functional groups attached to an aromatic ring is 1. The van der Waals surface area contributed by atoms with Crippen LogP contribution in [0.4, 0.5) is 5.69 Å². The summed E-state index contributed by atoms with van der Waals surface area (Å²) in [5.41, 5.74) is 6.37. The maximum absolute atomic E-state index is 12.7. The number of hydrogen-bond acceptors (Lipinski definition) is 4. The molecule has 6 heteroatoms. The average Bonchev–Trinajstić information content (AvgIpc) is 2.46. The average molecular weight is 308 g/mol. The first-order valence-electron chi connectivity index (χ1n) is 6.70. The van der Waals surface area contributed by atoms with Gasteiger partial charge in [0.25, 0.3) is 0 Å². The van der Waals surface area contributed by atoms with E-state index >= 15 is 0 Å². The second kappa shape index (κ2) is 6.43. The Morgan fingerprint density at radius 2 is 2.00 bits per heavy atom. The Bertz CT molecular complexity index is 729. The smallest absolute Gasteiger partial charge is 0.243 e. The van der Waals surface area contributed by atoms with Gasteiger partial charge in [-0.25, -0.2) is 12.7 Å². The van der Waals surface area contributed by atoms with Crippen molar-refractivity contribution in [1.29, 1.82) is 0 Å². The maximum Gasteiger partial charge on any atom is 0.243 e. The van der Waals surface area contributed by atoms with Crippen LogP contribution in [0, 0.1) is 0 Å². The summed E-state index contributed by atoms with van der Waals surface area (Å²) in [6.45, 7) is 0.952. The molecule has 5 nitrogen and oxygen atoms in total. The molecular weight excluding hydrogens is 288 g/mol. The van der Waals surface area contributed by atoms with Crippen molar-refractivity contribution < 1.29 is 13.2 Å². The second-order valence-corrected chi connectivity index (χ2v) is 6.92. The van der Waals surface area contributed by atoms with Gasteiger partial charge in [0.05, 0.1) is 4.90 Å². The number of anilines is 1. The van der Waals surface area contributed by atoms with E-state index in [0.29, 0.717) is 35.5 Å². The lowest BCUT2D eigenvalue weighted by Gasteiger charge is -2.18. The van der Waals surface area contributed by atoms with Crippen LogP contribution in [0.1, 0.15) is 6.42 Å². The summed E-state index contributed by atoms with van der Waals surface area (Å²) in [5.74, 6) is 0. The first kappa shape index (κ1) is 15.8. The lowest BCUT2D eigenvalue weighted by atomic mass is 10.1. The highest BCUT2D eigenvalue weighted by atomic mass is 32.2. The Morgan fingerprint density at radius 1 is 1.24 bits per heavy atom. The molecule has 0 amide bonds. The predicted octanol–water partition coefficient (Wildman–Crippen LogP) is 2.08. The monoisotopic (exact) mass is 308 g/mol. The lowest BCUT2D eigenvalue weighted by Crippen LogP contribution is -2.28. The highest BCUT2D eigenvalue weighted by Crippen LogP contribution is 2.26. The number of hydrogen-bond donors (Lipinski definition) is 1. The van der Waals surface area contributed by atoms with E-state index in [-0.39, 0.29) is 0 Å². The van der Waals surface area contributed by atoms with Gasteiger partial charge in [0, 0.05) is 38.4 Å². The summed E-state index contributed by atoms with van der Waals surface area (Å²) in [7, 11) is -0.337. The molecule has 0 fully saturated rings. The fourth-order valence-corrected chi connectivity index (χ4v) is 3.64. The number of rotatable bonds is 6. The van der Waals surface area contributed by atoms with Crippen LogP contribution in [0.5, 0.6) is 0 Å². The zero-order chi connectivity index (χ0) is 15.5. The number of sulfonamides is 1. The molecule has 0 bridgehead atoms. The van der Waals surface area contributed by atoms with Crippen molar-refractivity contribution >= 4 is 26.5 Å². The molecular formula is C15H20N2O3S. The number of methoxy groups -OCH3 is 1. The first-order chi connectivity index (χ1) is 9.96. The molecule has 0 atom stereocenters. The van der Waals surface area contributed by atoms with Crippen molar-refractivity contribution in [3.05, 3.63) is 36.4 Å². The number of benzene rings is 2. The molecule has 21 heavy (non-hydrogen) atoms. The molecule has 0 heterocycles. The van der Waals surface area contributed by atoms with Crippen molar-refractivity contribution in [2.24, 2.45) is 0 Å². The van der Waals surface area contributed by atoms with Crippen molar-refractivity contribution in [2.75, 3.05) is 33.0 Å². The van der Waals surface area contributed by atoms with Crippen molar-refractivity contribution in [3.63, 3.8) is 0 Å². The molecule has 0 saturated carbocycles. The first-order valence-corrected chi connectivity index (χ1v) is 8.14. The Hall–Kier alpha value is -1.63. The van der Waals surface area contributed by atoms with E-state index in [1.54, 1.807) is 44.5 Å². The van der Waals surface area contributed by atoms with Crippen molar-refractivity contribution in [3.8, 4) is 0 Å². The standard InChI is InChI=1S/C15H20N2O3S/c1-17(9-4-10-20-2)21(18,19)15-6-3-5-12-11-13(16)7-8-14(12)15/h3,5-8,11H,4,9-10,16H2,1-2H3. The zero-order valence-electron chi connectivity index (χ0n) is 12.2. The summed E-state index contributed by atoms with van der Waals surface area (Å²) in [6.07, 6.45) is 0.657.